The van der Waals surface area contributed by atoms with Crippen molar-refractivity contribution in [3.63, 3.8) is 0 Å². The van der Waals surface area contributed by atoms with Gasteiger partial charge in [-0.3, -0.25) is 4.79 Å². The largest absolute Gasteiger partial charge is 0.370 e. The van der Waals surface area contributed by atoms with Crippen molar-refractivity contribution in [2.45, 2.75) is 46.1 Å². The number of anilines is 2. The molecule has 1 amide bonds. The number of carbonyl (C=O) groups is 1. The van der Waals surface area contributed by atoms with Crippen LogP contribution in [0.5, 0.6) is 0 Å². The first-order chi connectivity index (χ1) is 9.54. The quantitative estimate of drug-likeness (QED) is 0.868. The smallest absolute Gasteiger partial charge is 0.240 e. The minimum absolute atomic E-state index is 0.258. The Bertz CT molecular complexity index is 503. The number of nitrogens with one attached hydrogen (secondary N) is 1. The minimum Gasteiger partial charge on any atom is -0.370 e. The van der Waals surface area contributed by atoms with E-state index in [0.717, 1.165) is 49.6 Å². The number of primary amides is 1. The molecule has 1 atom stereocenters. The lowest BCUT2D eigenvalue weighted by molar-refractivity contribution is -0.119. The molecular weight excluding hydrogens is 254 g/mol. The Balaban J connectivity index is 2.41. The summed E-state index contributed by atoms with van der Waals surface area (Å²) < 4.78 is 0. The summed E-state index contributed by atoms with van der Waals surface area (Å²) in [5.74, 6) is 2.10. The van der Waals surface area contributed by atoms with Crippen molar-refractivity contribution in [1.29, 1.82) is 0 Å². The maximum Gasteiger partial charge on any atom is 0.240 e. The molecule has 0 aromatic carbocycles. The molecule has 0 saturated carbocycles. The number of rotatable bonds is 4. The third-order valence-corrected chi connectivity index (χ3v) is 3.68. The van der Waals surface area contributed by atoms with Gasteiger partial charge < -0.3 is 16.0 Å². The summed E-state index contributed by atoms with van der Waals surface area (Å²) in [6.07, 6.45) is 2.89. The van der Waals surface area contributed by atoms with Crippen LogP contribution in [0.2, 0.25) is 0 Å². The summed E-state index contributed by atoms with van der Waals surface area (Å²) in [5, 5.41) is 3.25. The lowest BCUT2D eigenvalue weighted by Crippen LogP contribution is -2.48. The van der Waals surface area contributed by atoms with Gasteiger partial charge >= 0.3 is 0 Å². The van der Waals surface area contributed by atoms with Crippen LogP contribution in [-0.2, 0) is 4.79 Å². The summed E-state index contributed by atoms with van der Waals surface area (Å²) >= 11 is 0. The number of hydrogen-bond donors (Lipinski definition) is 2. The van der Waals surface area contributed by atoms with Crippen LogP contribution >= 0.6 is 0 Å². The monoisotopic (exact) mass is 277 g/mol. The van der Waals surface area contributed by atoms with Crippen molar-refractivity contribution in [3.05, 3.63) is 11.4 Å². The van der Waals surface area contributed by atoms with Gasteiger partial charge in [0.05, 0.1) is 0 Å². The number of nitrogens with zero attached hydrogens (tertiary/aromatic N) is 3. The summed E-state index contributed by atoms with van der Waals surface area (Å²) in [4.78, 5) is 22.7. The second-order valence-electron chi connectivity index (χ2n) is 5.21. The van der Waals surface area contributed by atoms with Gasteiger partial charge in [-0.15, -0.1) is 0 Å². The number of nitrogens with two attached hydrogens (primary N) is 1. The molecule has 2 heterocycles. The van der Waals surface area contributed by atoms with Crippen molar-refractivity contribution in [3.8, 4) is 0 Å². The highest BCUT2D eigenvalue weighted by molar-refractivity contribution is 5.84. The van der Waals surface area contributed by atoms with E-state index < -0.39 is 0 Å². The Morgan fingerprint density at radius 3 is 2.80 bits per heavy atom. The van der Waals surface area contributed by atoms with Crippen LogP contribution in [0.1, 0.15) is 37.6 Å². The van der Waals surface area contributed by atoms with E-state index in [0.29, 0.717) is 5.82 Å². The lowest BCUT2D eigenvalue weighted by atomic mass is 10.0. The van der Waals surface area contributed by atoms with Gasteiger partial charge in [0.25, 0.3) is 0 Å². The molecule has 1 aliphatic rings. The molecule has 1 saturated heterocycles. The Hall–Kier alpha value is -1.85. The molecule has 0 bridgehead atoms. The van der Waals surface area contributed by atoms with Gasteiger partial charge in [0.1, 0.15) is 23.5 Å². The SMILES string of the molecule is CCNc1nc(C)nc(N2CCCCC2C(N)=O)c1C. The van der Waals surface area contributed by atoms with E-state index in [1.54, 1.807) is 0 Å². The van der Waals surface area contributed by atoms with E-state index in [9.17, 15) is 4.79 Å². The van der Waals surface area contributed by atoms with Crippen LogP contribution in [-0.4, -0.2) is 35.0 Å². The van der Waals surface area contributed by atoms with E-state index in [1.165, 1.54) is 0 Å². The fourth-order valence-electron chi connectivity index (χ4n) is 2.71. The van der Waals surface area contributed by atoms with Crippen LogP contribution in [0.3, 0.4) is 0 Å². The maximum absolute atomic E-state index is 11.7. The topological polar surface area (TPSA) is 84.1 Å². The zero-order chi connectivity index (χ0) is 14.7. The summed E-state index contributed by atoms with van der Waals surface area (Å²) in [6, 6.07) is -0.258. The Labute approximate surface area is 119 Å². The van der Waals surface area contributed by atoms with Crippen LogP contribution < -0.4 is 16.0 Å². The van der Waals surface area contributed by atoms with Crippen molar-refractivity contribution < 1.29 is 4.79 Å². The van der Waals surface area contributed by atoms with Gasteiger partial charge in [0, 0.05) is 18.7 Å². The van der Waals surface area contributed by atoms with E-state index in [1.807, 2.05) is 25.7 Å². The molecule has 1 unspecified atom stereocenters. The lowest BCUT2D eigenvalue weighted by Gasteiger charge is -2.35. The predicted octanol–water partition coefficient (Wildman–Crippen LogP) is 1.37. The summed E-state index contributed by atoms with van der Waals surface area (Å²) in [5.41, 5.74) is 6.52. The third-order valence-electron chi connectivity index (χ3n) is 3.68. The number of hydrogen-bond acceptors (Lipinski definition) is 5. The average Bonchev–Trinajstić information content (AvgIpc) is 2.42. The molecule has 1 aliphatic heterocycles. The van der Waals surface area contributed by atoms with E-state index in [2.05, 4.69) is 15.3 Å². The Morgan fingerprint density at radius 2 is 2.15 bits per heavy atom. The van der Waals surface area contributed by atoms with Crippen molar-refractivity contribution in [2.24, 2.45) is 5.73 Å². The fraction of sp³-hybridized carbons (Fsp3) is 0.643. The van der Waals surface area contributed by atoms with Crippen LogP contribution in [0, 0.1) is 13.8 Å². The van der Waals surface area contributed by atoms with Crippen LogP contribution in [0.4, 0.5) is 11.6 Å². The second kappa shape index (κ2) is 6.07. The average molecular weight is 277 g/mol. The van der Waals surface area contributed by atoms with E-state index in [4.69, 9.17) is 5.73 Å². The highest BCUT2D eigenvalue weighted by Crippen LogP contribution is 2.29. The van der Waals surface area contributed by atoms with Crippen molar-refractivity contribution >= 4 is 17.5 Å². The molecule has 2 rings (SSSR count). The molecule has 6 nitrogen and oxygen atoms in total. The van der Waals surface area contributed by atoms with Crippen molar-refractivity contribution in [1.82, 2.24) is 9.97 Å². The highest BCUT2D eigenvalue weighted by Gasteiger charge is 2.29. The maximum atomic E-state index is 11.7. The Kier molecular flexibility index (Phi) is 4.42. The first-order valence-electron chi connectivity index (χ1n) is 7.19. The third kappa shape index (κ3) is 2.84. The molecule has 1 fully saturated rings. The normalized spacial score (nSPS) is 18.9. The number of aromatic nitrogens is 2. The molecule has 0 radical (unpaired) electrons. The zero-order valence-electron chi connectivity index (χ0n) is 12.4. The van der Waals surface area contributed by atoms with Crippen molar-refractivity contribution in [2.75, 3.05) is 23.3 Å². The molecule has 1 aromatic rings. The predicted molar refractivity (Wildman–Crippen MR) is 79.8 cm³/mol. The van der Waals surface area contributed by atoms with Gasteiger partial charge in [-0.1, -0.05) is 0 Å². The Morgan fingerprint density at radius 1 is 1.40 bits per heavy atom. The highest BCUT2D eigenvalue weighted by atomic mass is 16.1. The number of carbonyl (C=O) groups excluding carboxylic acids is 1. The van der Waals surface area contributed by atoms with Gasteiger partial charge in [-0.05, 0) is 40.0 Å². The van der Waals surface area contributed by atoms with E-state index >= 15 is 0 Å². The summed E-state index contributed by atoms with van der Waals surface area (Å²) in [6.45, 7) is 7.50. The molecular formula is C14H23N5O. The molecule has 20 heavy (non-hydrogen) atoms. The summed E-state index contributed by atoms with van der Waals surface area (Å²) in [7, 11) is 0. The van der Waals surface area contributed by atoms with Gasteiger partial charge in [-0.25, -0.2) is 9.97 Å². The van der Waals surface area contributed by atoms with Gasteiger partial charge in [0.15, 0.2) is 0 Å². The van der Waals surface area contributed by atoms with E-state index in [-0.39, 0.29) is 11.9 Å². The number of aryl methyl sites for hydroxylation is 1. The molecule has 3 N–H and O–H groups in total. The minimum atomic E-state index is -0.273. The molecule has 0 spiro atoms. The van der Waals surface area contributed by atoms with Crippen LogP contribution in [0.25, 0.3) is 0 Å². The molecule has 110 valence electrons. The first-order valence-corrected chi connectivity index (χ1v) is 7.19. The zero-order valence-corrected chi connectivity index (χ0v) is 12.4. The van der Waals surface area contributed by atoms with Crippen LogP contribution in [0.15, 0.2) is 0 Å². The number of amides is 1. The number of piperidine rings is 1. The molecule has 1 aromatic heterocycles. The molecule has 6 heteroatoms. The molecule has 0 aliphatic carbocycles. The second-order valence-corrected chi connectivity index (χ2v) is 5.21. The van der Waals surface area contributed by atoms with Gasteiger partial charge in [0.2, 0.25) is 5.91 Å². The standard InChI is InChI=1S/C14H23N5O/c1-4-16-13-9(2)14(18-10(3)17-13)19-8-6-5-7-11(19)12(15)20/h11H,4-8H2,1-3H3,(H2,15,20)(H,16,17,18). The van der Waals surface area contributed by atoms with Gasteiger partial charge in [-0.2, -0.15) is 0 Å². The first kappa shape index (κ1) is 14.6. The fourth-order valence-corrected chi connectivity index (χ4v) is 2.71.